The zero-order valence-electron chi connectivity index (χ0n) is 10.7. The van der Waals surface area contributed by atoms with Gasteiger partial charge in [0.2, 0.25) is 0 Å². The molecule has 0 heterocycles. The van der Waals surface area contributed by atoms with Gasteiger partial charge in [-0.05, 0) is 43.9 Å². The lowest BCUT2D eigenvalue weighted by molar-refractivity contribution is -0.0773. The molecule has 0 radical (unpaired) electrons. The van der Waals surface area contributed by atoms with Crippen LogP contribution in [0.25, 0.3) is 0 Å². The lowest BCUT2D eigenvalue weighted by Crippen LogP contribution is -2.39. The molecule has 1 aliphatic rings. The summed E-state index contributed by atoms with van der Waals surface area (Å²) in [6.07, 6.45) is 4.56. The number of methoxy groups -OCH3 is 2. The van der Waals surface area contributed by atoms with Crippen LogP contribution in [0, 0.1) is 0 Å². The molecule has 2 rings (SSSR count). The van der Waals surface area contributed by atoms with Crippen LogP contribution < -0.4 is 4.74 Å². The van der Waals surface area contributed by atoms with E-state index < -0.39 is 0 Å². The Morgan fingerprint density at radius 3 is 2.56 bits per heavy atom. The second-order valence-electron chi connectivity index (χ2n) is 4.80. The number of alkyl halides is 1. The Kier molecular flexibility index (Phi) is 4.73. The first-order chi connectivity index (χ1) is 8.60. The van der Waals surface area contributed by atoms with E-state index in [4.69, 9.17) is 9.47 Å². The minimum Gasteiger partial charge on any atom is -0.496 e. The summed E-state index contributed by atoms with van der Waals surface area (Å²) in [7, 11) is 3.53. The van der Waals surface area contributed by atoms with Crippen molar-refractivity contribution in [1.29, 1.82) is 0 Å². The number of hydrogen-bond donors (Lipinski definition) is 0. The lowest BCUT2D eigenvalue weighted by atomic mass is 9.76. The van der Waals surface area contributed by atoms with Crippen molar-refractivity contribution in [1.82, 2.24) is 0 Å². The maximum atomic E-state index is 5.69. The van der Waals surface area contributed by atoms with Crippen molar-refractivity contribution in [3.63, 3.8) is 0 Å². The summed E-state index contributed by atoms with van der Waals surface area (Å²) in [4.78, 5) is 0.255. The van der Waals surface area contributed by atoms with Gasteiger partial charge in [-0.3, -0.25) is 0 Å². The third kappa shape index (κ3) is 2.91. The Balaban J connectivity index is 2.17. The second-order valence-corrected chi connectivity index (χ2v) is 6.82. The molecule has 0 aliphatic heterocycles. The van der Waals surface area contributed by atoms with E-state index in [1.54, 1.807) is 7.11 Å². The summed E-state index contributed by atoms with van der Waals surface area (Å²) in [5.41, 5.74) is 1.23. The van der Waals surface area contributed by atoms with Gasteiger partial charge >= 0.3 is 0 Å². The van der Waals surface area contributed by atoms with Gasteiger partial charge in [-0.25, -0.2) is 0 Å². The molecule has 1 atom stereocenters. The van der Waals surface area contributed by atoms with Crippen LogP contribution in [0.3, 0.4) is 0 Å². The van der Waals surface area contributed by atoms with Gasteiger partial charge in [-0.15, -0.1) is 0 Å². The molecule has 0 amide bonds. The molecule has 1 saturated carbocycles. The molecule has 4 heteroatoms. The number of hydrogen-bond acceptors (Lipinski definition) is 2. The molecule has 1 aliphatic carbocycles. The normalized spacial score (nSPS) is 19.1. The van der Waals surface area contributed by atoms with Gasteiger partial charge in [-0.1, -0.05) is 31.9 Å². The first-order valence-corrected chi connectivity index (χ1v) is 7.84. The Bertz CT molecular complexity index is 411. The van der Waals surface area contributed by atoms with Crippen molar-refractivity contribution in [2.45, 2.75) is 36.1 Å². The van der Waals surface area contributed by atoms with E-state index >= 15 is 0 Å². The van der Waals surface area contributed by atoms with Crippen LogP contribution in [-0.4, -0.2) is 19.8 Å². The van der Waals surface area contributed by atoms with Crippen LogP contribution in [0.1, 0.15) is 36.1 Å². The molecule has 2 nitrogen and oxygen atoms in total. The van der Waals surface area contributed by atoms with Gasteiger partial charge in [-0.2, -0.15) is 0 Å². The molecule has 1 unspecified atom stereocenters. The largest absolute Gasteiger partial charge is 0.496 e. The van der Waals surface area contributed by atoms with Gasteiger partial charge in [0.25, 0.3) is 0 Å². The molecule has 18 heavy (non-hydrogen) atoms. The molecular formula is C14H18Br2O2. The van der Waals surface area contributed by atoms with Crippen LogP contribution in [0.2, 0.25) is 0 Å². The lowest BCUT2D eigenvalue weighted by Gasteiger charge is -2.42. The molecule has 0 bridgehead atoms. The minimum atomic E-state index is 0.0570. The monoisotopic (exact) mass is 376 g/mol. The van der Waals surface area contributed by atoms with E-state index in [0.29, 0.717) is 0 Å². The number of rotatable bonds is 5. The average Bonchev–Trinajstić information content (AvgIpc) is 2.33. The molecule has 100 valence electrons. The predicted molar refractivity (Wildman–Crippen MR) is 80.6 cm³/mol. The van der Waals surface area contributed by atoms with E-state index in [9.17, 15) is 0 Å². The predicted octanol–water partition coefficient (Wildman–Crippen LogP) is 4.85. The zero-order chi connectivity index (χ0) is 13.2. The SMILES string of the molecule is COc1ccc(Br)cc1C(Br)CC1(OC)CCC1. The van der Waals surface area contributed by atoms with Crippen molar-refractivity contribution >= 4 is 31.9 Å². The fourth-order valence-corrected chi connectivity index (χ4v) is 3.78. The van der Waals surface area contributed by atoms with Crippen LogP contribution in [-0.2, 0) is 4.74 Å². The summed E-state index contributed by atoms with van der Waals surface area (Å²) in [6.45, 7) is 0. The first-order valence-electron chi connectivity index (χ1n) is 6.13. The van der Waals surface area contributed by atoms with E-state index in [2.05, 4.69) is 37.9 Å². The summed E-state index contributed by atoms with van der Waals surface area (Å²) in [5, 5.41) is 0. The standard InChI is InChI=1S/C14H18Br2O2/c1-17-13-5-4-10(15)8-11(13)12(16)9-14(18-2)6-3-7-14/h4-5,8,12H,3,6-7,9H2,1-2H3. The van der Waals surface area contributed by atoms with E-state index in [1.807, 2.05) is 19.2 Å². The van der Waals surface area contributed by atoms with E-state index in [1.165, 1.54) is 12.0 Å². The van der Waals surface area contributed by atoms with Crippen molar-refractivity contribution in [3.8, 4) is 5.75 Å². The quantitative estimate of drug-likeness (QED) is 0.682. The Morgan fingerprint density at radius 1 is 1.33 bits per heavy atom. The number of benzene rings is 1. The topological polar surface area (TPSA) is 18.5 Å². The van der Waals surface area contributed by atoms with Crippen LogP contribution in [0.5, 0.6) is 5.75 Å². The highest BCUT2D eigenvalue weighted by molar-refractivity contribution is 9.10. The number of halogens is 2. The molecule has 0 spiro atoms. The number of ether oxygens (including phenoxy) is 2. The smallest absolute Gasteiger partial charge is 0.123 e. The van der Waals surface area contributed by atoms with Gasteiger partial charge in [0.05, 0.1) is 12.7 Å². The fourth-order valence-electron chi connectivity index (χ4n) is 2.45. The molecular weight excluding hydrogens is 360 g/mol. The van der Waals surface area contributed by atoms with Crippen molar-refractivity contribution < 1.29 is 9.47 Å². The van der Waals surface area contributed by atoms with Crippen LogP contribution in [0.15, 0.2) is 22.7 Å². The Morgan fingerprint density at radius 2 is 2.06 bits per heavy atom. The zero-order valence-corrected chi connectivity index (χ0v) is 13.9. The van der Waals surface area contributed by atoms with Crippen molar-refractivity contribution in [3.05, 3.63) is 28.2 Å². The molecule has 1 fully saturated rings. The highest BCUT2D eigenvalue weighted by Crippen LogP contribution is 2.46. The van der Waals surface area contributed by atoms with Crippen molar-refractivity contribution in [2.75, 3.05) is 14.2 Å². The van der Waals surface area contributed by atoms with Gasteiger partial charge in [0.15, 0.2) is 0 Å². The highest BCUT2D eigenvalue weighted by Gasteiger charge is 2.39. The molecule has 1 aromatic carbocycles. The molecule has 0 N–H and O–H groups in total. The van der Waals surface area contributed by atoms with Crippen LogP contribution in [0.4, 0.5) is 0 Å². The average molecular weight is 378 g/mol. The maximum absolute atomic E-state index is 5.69. The summed E-state index contributed by atoms with van der Waals surface area (Å²) in [5.74, 6) is 0.922. The Hall–Kier alpha value is -0.0600. The van der Waals surface area contributed by atoms with Gasteiger partial charge in [0.1, 0.15) is 5.75 Å². The van der Waals surface area contributed by atoms with Crippen LogP contribution >= 0.6 is 31.9 Å². The summed E-state index contributed by atoms with van der Waals surface area (Å²) in [6, 6.07) is 6.10. The molecule has 0 aromatic heterocycles. The van der Waals surface area contributed by atoms with E-state index in [0.717, 1.165) is 29.5 Å². The van der Waals surface area contributed by atoms with Gasteiger partial charge < -0.3 is 9.47 Å². The summed E-state index contributed by atoms with van der Waals surface area (Å²) < 4.78 is 12.2. The summed E-state index contributed by atoms with van der Waals surface area (Å²) >= 11 is 7.30. The maximum Gasteiger partial charge on any atom is 0.123 e. The molecule has 0 saturated heterocycles. The third-order valence-corrected chi connectivity index (χ3v) is 5.09. The third-order valence-electron chi connectivity index (χ3n) is 3.78. The van der Waals surface area contributed by atoms with E-state index in [-0.39, 0.29) is 10.4 Å². The highest BCUT2D eigenvalue weighted by atomic mass is 79.9. The minimum absolute atomic E-state index is 0.0570. The Labute approximate surface area is 125 Å². The fraction of sp³-hybridized carbons (Fsp3) is 0.571. The van der Waals surface area contributed by atoms with Crippen molar-refractivity contribution in [2.24, 2.45) is 0 Å². The first kappa shape index (κ1) is 14.4. The second kappa shape index (κ2) is 5.93. The van der Waals surface area contributed by atoms with Gasteiger partial charge in [0, 0.05) is 22.0 Å². The molecule has 1 aromatic rings.